The van der Waals surface area contributed by atoms with E-state index in [9.17, 15) is 8.42 Å². The molecule has 6 heteroatoms. The Bertz CT molecular complexity index is 551. The molecule has 0 spiro atoms. The molecule has 2 N–H and O–H groups in total. The fraction of sp³-hybridized carbons (Fsp3) is 0.538. The van der Waals surface area contributed by atoms with Crippen molar-refractivity contribution in [3.05, 3.63) is 29.3 Å². The standard InChI is InChI=1S/C13H20N2O3S/c1-10-3-4-11(8-14)7-13(10)19(16,17)15(2)12-5-6-18-9-12/h3-4,7,12H,5-6,8-9,14H2,1-2H3. The van der Waals surface area contributed by atoms with Crippen LogP contribution in [0.25, 0.3) is 0 Å². The third kappa shape index (κ3) is 2.81. The van der Waals surface area contributed by atoms with Crippen LogP contribution in [0.2, 0.25) is 0 Å². The molecule has 5 nitrogen and oxygen atoms in total. The number of nitrogens with zero attached hydrogens (tertiary/aromatic N) is 1. The summed E-state index contributed by atoms with van der Waals surface area (Å²) in [7, 11) is -1.87. The zero-order valence-corrected chi connectivity index (χ0v) is 12.1. The van der Waals surface area contributed by atoms with Gasteiger partial charge in [-0.25, -0.2) is 8.42 Å². The van der Waals surface area contributed by atoms with Gasteiger partial charge in [-0.3, -0.25) is 0 Å². The predicted molar refractivity (Wildman–Crippen MR) is 73.2 cm³/mol. The zero-order chi connectivity index (χ0) is 14.0. The second-order valence-corrected chi connectivity index (χ2v) is 6.81. The summed E-state index contributed by atoms with van der Waals surface area (Å²) >= 11 is 0. The molecule has 1 aliphatic heterocycles. The van der Waals surface area contributed by atoms with Crippen LogP contribution in [-0.2, 0) is 21.3 Å². The highest BCUT2D eigenvalue weighted by atomic mass is 32.2. The van der Waals surface area contributed by atoms with Gasteiger partial charge in [0.2, 0.25) is 10.0 Å². The zero-order valence-electron chi connectivity index (χ0n) is 11.3. The number of nitrogens with two attached hydrogens (primary N) is 1. The Balaban J connectivity index is 2.38. The Morgan fingerprint density at radius 3 is 2.79 bits per heavy atom. The molecular formula is C13H20N2O3S. The van der Waals surface area contributed by atoms with Crippen LogP contribution in [0, 0.1) is 6.92 Å². The van der Waals surface area contributed by atoms with E-state index in [1.54, 1.807) is 26.1 Å². The van der Waals surface area contributed by atoms with E-state index in [-0.39, 0.29) is 6.04 Å². The largest absolute Gasteiger partial charge is 0.380 e. The van der Waals surface area contributed by atoms with Gasteiger partial charge in [0.25, 0.3) is 0 Å². The maximum atomic E-state index is 12.6. The third-order valence-corrected chi connectivity index (χ3v) is 5.62. The van der Waals surface area contributed by atoms with E-state index in [1.807, 2.05) is 6.07 Å². The number of benzene rings is 1. The van der Waals surface area contributed by atoms with Crippen LogP contribution in [-0.4, -0.2) is 39.0 Å². The molecule has 1 aromatic rings. The van der Waals surface area contributed by atoms with Crippen LogP contribution in [0.1, 0.15) is 17.5 Å². The molecular weight excluding hydrogens is 264 g/mol. The van der Waals surface area contributed by atoms with E-state index in [0.717, 1.165) is 17.5 Å². The molecule has 106 valence electrons. The van der Waals surface area contributed by atoms with Crippen molar-refractivity contribution >= 4 is 10.0 Å². The molecule has 1 aromatic carbocycles. The number of sulfonamides is 1. The summed E-state index contributed by atoms with van der Waals surface area (Å²) in [4.78, 5) is 0.338. The summed E-state index contributed by atoms with van der Waals surface area (Å²) < 4.78 is 32.0. The van der Waals surface area contributed by atoms with E-state index in [4.69, 9.17) is 10.5 Å². The molecule has 0 aromatic heterocycles. The first-order valence-corrected chi connectivity index (χ1v) is 7.76. The van der Waals surface area contributed by atoms with Crippen LogP contribution in [0.4, 0.5) is 0 Å². The summed E-state index contributed by atoms with van der Waals surface area (Å²) in [6, 6.07) is 5.24. The Morgan fingerprint density at radius 2 is 2.21 bits per heavy atom. The van der Waals surface area contributed by atoms with Crippen molar-refractivity contribution in [3.63, 3.8) is 0 Å². The van der Waals surface area contributed by atoms with Crippen LogP contribution in [0.3, 0.4) is 0 Å². The molecule has 1 atom stereocenters. The molecule has 1 heterocycles. The Labute approximate surface area is 114 Å². The van der Waals surface area contributed by atoms with Gasteiger partial charge in [0.05, 0.1) is 17.5 Å². The molecule has 0 aliphatic carbocycles. The van der Waals surface area contributed by atoms with Gasteiger partial charge in [0, 0.05) is 20.2 Å². The second-order valence-electron chi connectivity index (χ2n) is 4.84. The van der Waals surface area contributed by atoms with Gasteiger partial charge < -0.3 is 10.5 Å². The van der Waals surface area contributed by atoms with Crippen LogP contribution in [0.5, 0.6) is 0 Å². The second kappa shape index (κ2) is 5.58. The number of rotatable bonds is 4. The quantitative estimate of drug-likeness (QED) is 0.890. The van der Waals surface area contributed by atoms with Crippen molar-refractivity contribution in [3.8, 4) is 0 Å². The number of aryl methyl sites for hydroxylation is 1. The minimum Gasteiger partial charge on any atom is -0.380 e. The van der Waals surface area contributed by atoms with E-state index >= 15 is 0 Å². The van der Waals surface area contributed by atoms with Gasteiger partial charge in [-0.2, -0.15) is 4.31 Å². The number of likely N-dealkylation sites (N-methyl/N-ethyl adjacent to an activating group) is 1. The maximum Gasteiger partial charge on any atom is 0.243 e. The van der Waals surface area contributed by atoms with Crippen LogP contribution < -0.4 is 5.73 Å². The smallest absolute Gasteiger partial charge is 0.243 e. The lowest BCUT2D eigenvalue weighted by atomic mass is 10.1. The van der Waals surface area contributed by atoms with Gasteiger partial charge >= 0.3 is 0 Å². The molecule has 0 radical (unpaired) electrons. The van der Waals surface area contributed by atoms with Crippen molar-refractivity contribution in [2.45, 2.75) is 30.8 Å². The lowest BCUT2D eigenvalue weighted by Crippen LogP contribution is -2.37. The van der Waals surface area contributed by atoms with Crippen LogP contribution in [0.15, 0.2) is 23.1 Å². The monoisotopic (exact) mass is 284 g/mol. The van der Waals surface area contributed by atoms with Gasteiger partial charge in [0.1, 0.15) is 0 Å². The molecule has 1 fully saturated rings. The Kier molecular flexibility index (Phi) is 4.25. The highest BCUT2D eigenvalue weighted by molar-refractivity contribution is 7.89. The van der Waals surface area contributed by atoms with Crippen molar-refractivity contribution in [1.29, 1.82) is 0 Å². The Morgan fingerprint density at radius 1 is 1.47 bits per heavy atom. The third-order valence-electron chi connectivity index (χ3n) is 3.57. The summed E-state index contributed by atoms with van der Waals surface area (Å²) in [6.45, 7) is 3.21. The average Bonchev–Trinajstić information content (AvgIpc) is 2.92. The van der Waals surface area contributed by atoms with E-state index in [1.165, 1.54) is 4.31 Å². The summed E-state index contributed by atoms with van der Waals surface area (Å²) in [6.07, 6.45) is 0.741. The fourth-order valence-corrected chi connectivity index (χ4v) is 3.85. The van der Waals surface area contributed by atoms with E-state index in [0.29, 0.717) is 24.7 Å². The minimum absolute atomic E-state index is 0.0778. The van der Waals surface area contributed by atoms with Gasteiger partial charge in [0.15, 0.2) is 0 Å². The van der Waals surface area contributed by atoms with E-state index in [2.05, 4.69) is 0 Å². The van der Waals surface area contributed by atoms with Gasteiger partial charge in [-0.1, -0.05) is 12.1 Å². The average molecular weight is 284 g/mol. The van der Waals surface area contributed by atoms with Gasteiger partial charge in [-0.05, 0) is 30.5 Å². The first-order chi connectivity index (χ1) is 8.96. The fourth-order valence-electron chi connectivity index (χ4n) is 2.21. The van der Waals surface area contributed by atoms with Crippen molar-refractivity contribution < 1.29 is 13.2 Å². The topological polar surface area (TPSA) is 72.6 Å². The number of hydrogen-bond donors (Lipinski definition) is 1. The lowest BCUT2D eigenvalue weighted by molar-refractivity contribution is 0.181. The summed E-state index contributed by atoms with van der Waals surface area (Å²) in [5, 5.41) is 0. The molecule has 0 amide bonds. The molecule has 19 heavy (non-hydrogen) atoms. The van der Waals surface area contributed by atoms with Crippen molar-refractivity contribution in [1.82, 2.24) is 4.31 Å². The summed E-state index contributed by atoms with van der Waals surface area (Å²) in [5.74, 6) is 0. The van der Waals surface area contributed by atoms with E-state index < -0.39 is 10.0 Å². The molecule has 1 aliphatic rings. The molecule has 0 saturated carbocycles. The van der Waals surface area contributed by atoms with Crippen molar-refractivity contribution in [2.24, 2.45) is 5.73 Å². The van der Waals surface area contributed by atoms with Crippen LogP contribution >= 0.6 is 0 Å². The van der Waals surface area contributed by atoms with Crippen molar-refractivity contribution in [2.75, 3.05) is 20.3 Å². The normalized spacial score (nSPS) is 20.1. The van der Waals surface area contributed by atoms with Gasteiger partial charge in [-0.15, -0.1) is 0 Å². The number of hydrogen-bond acceptors (Lipinski definition) is 4. The predicted octanol–water partition coefficient (Wildman–Crippen LogP) is 0.863. The first kappa shape index (κ1) is 14.5. The molecule has 1 saturated heterocycles. The highest BCUT2D eigenvalue weighted by Gasteiger charge is 2.31. The number of ether oxygens (including phenoxy) is 1. The highest BCUT2D eigenvalue weighted by Crippen LogP contribution is 2.24. The Hall–Kier alpha value is -0.950. The lowest BCUT2D eigenvalue weighted by Gasteiger charge is -2.23. The first-order valence-electron chi connectivity index (χ1n) is 6.32. The molecule has 2 rings (SSSR count). The molecule has 0 bridgehead atoms. The minimum atomic E-state index is -3.49. The molecule has 1 unspecified atom stereocenters. The summed E-state index contributed by atoms with van der Waals surface area (Å²) in [5.41, 5.74) is 7.14. The SMILES string of the molecule is Cc1ccc(CN)cc1S(=O)(=O)N(C)C1CCOC1. The maximum absolute atomic E-state index is 12.6.